The molecule has 0 spiro atoms. The van der Waals surface area contributed by atoms with Crippen LogP contribution in [-0.4, -0.2) is 28.0 Å². The fraction of sp³-hybridized carbons (Fsp3) is 0.321. The molecule has 0 bridgehead atoms. The number of nitrogens with zero attached hydrogens (tertiary/aromatic N) is 1. The van der Waals surface area contributed by atoms with E-state index in [2.05, 4.69) is 41.2 Å². The molecule has 6 nitrogen and oxygen atoms in total. The molecule has 0 aliphatic carbocycles. The lowest BCUT2D eigenvalue weighted by molar-refractivity contribution is -0.120. The van der Waals surface area contributed by atoms with Gasteiger partial charge in [0, 0.05) is 4.47 Å². The van der Waals surface area contributed by atoms with E-state index in [4.69, 9.17) is 4.74 Å². The van der Waals surface area contributed by atoms with E-state index in [1.54, 1.807) is 55.6 Å². The lowest BCUT2D eigenvalue weighted by Gasteiger charge is -2.26. The highest BCUT2D eigenvalue weighted by Crippen LogP contribution is 2.32. The zero-order valence-corrected chi connectivity index (χ0v) is 23.9. The maximum Gasteiger partial charge on any atom is 0.264 e. The predicted octanol–water partition coefficient (Wildman–Crippen LogP) is 6.27. The molecule has 0 aliphatic rings. The van der Waals surface area contributed by atoms with Crippen LogP contribution in [0.1, 0.15) is 55.0 Å². The Morgan fingerprint density at radius 3 is 2.14 bits per heavy atom. The van der Waals surface area contributed by atoms with E-state index < -0.39 is 15.9 Å². The molecule has 3 aromatic rings. The van der Waals surface area contributed by atoms with Crippen molar-refractivity contribution in [2.45, 2.75) is 51.5 Å². The maximum atomic E-state index is 13.6. The zero-order valence-electron chi connectivity index (χ0n) is 21.5. The van der Waals surface area contributed by atoms with Gasteiger partial charge in [-0.05, 0) is 91.9 Å². The molecule has 0 radical (unpaired) electrons. The first-order chi connectivity index (χ1) is 16.9. The summed E-state index contributed by atoms with van der Waals surface area (Å²) < 4.78 is 34.7. The Balaban J connectivity index is 1.91. The van der Waals surface area contributed by atoms with Crippen molar-refractivity contribution in [3.05, 3.63) is 87.4 Å². The van der Waals surface area contributed by atoms with Gasteiger partial charge in [-0.15, -0.1) is 0 Å². The van der Waals surface area contributed by atoms with Gasteiger partial charge in [0.15, 0.2) is 0 Å². The van der Waals surface area contributed by atoms with Gasteiger partial charge in [0.1, 0.15) is 12.3 Å². The number of nitrogens with one attached hydrogen (secondary N) is 1. The normalized spacial score (nSPS) is 12.3. The second-order valence-electron chi connectivity index (χ2n) is 9.20. The second-order valence-corrected chi connectivity index (χ2v) is 12.0. The topological polar surface area (TPSA) is 75.7 Å². The molecule has 0 saturated heterocycles. The maximum absolute atomic E-state index is 13.6. The fourth-order valence-corrected chi connectivity index (χ4v) is 5.75. The Morgan fingerprint density at radius 2 is 1.58 bits per heavy atom. The van der Waals surface area contributed by atoms with Crippen molar-refractivity contribution < 1.29 is 17.9 Å². The molecule has 1 amide bonds. The highest BCUT2D eigenvalue weighted by molar-refractivity contribution is 9.10. The Kier molecular flexibility index (Phi) is 8.84. The minimum atomic E-state index is -3.97. The highest BCUT2D eigenvalue weighted by Gasteiger charge is 2.28. The number of sulfonamides is 1. The highest BCUT2D eigenvalue weighted by atomic mass is 79.9. The lowest BCUT2D eigenvalue weighted by atomic mass is 9.93. The molecule has 192 valence electrons. The first-order valence-electron chi connectivity index (χ1n) is 11.8. The molecule has 0 aromatic heterocycles. The first-order valence-corrected chi connectivity index (χ1v) is 14.0. The van der Waals surface area contributed by atoms with Crippen molar-refractivity contribution in [1.29, 1.82) is 0 Å². The summed E-state index contributed by atoms with van der Waals surface area (Å²) in [5.41, 5.74) is 4.36. The van der Waals surface area contributed by atoms with E-state index in [0.717, 1.165) is 36.8 Å². The Morgan fingerprint density at radius 1 is 0.972 bits per heavy atom. The molecular weight excluding hydrogens is 540 g/mol. The molecule has 0 heterocycles. The third-order valence-electron chi connectivity index (χ3n) is 6.10. The van der Waals surface area contributed by atoms with E-state index >= 15 is 0 Å². The Labute approximate surface area is 222 Å². The van der Waals surface area contributed by atoms with Crippen LogP contribution in [0.15, 0.2) is 70.0 Å². The number of aryl methyl sites for hydroxylation is 2. The van der Waals surface area contributed by atoms with Crippen molar-refractivity contribution in [2.24, 2.45) is 0 Å². The molecule has 0 unspecified atom stereocenters. The predicted molar refractivity (Wildman–Crippen MR) is 148 cm³/mol. The molecule has 3 aromatic carbocycles. The van der Waals surface area contributed by atoms with E-state index in [0.29, 0.717) is 5.69 Å². The number of ether oxygens (including phenoxy) is 1. The minimum absolute atomic E-state index is 0.129. The number of benzene rings is 3. The van der Waals surface area contributed by atoms with Crippen LogP contribution in [0.25, 0.3) is 0 Å². The smallest absolute Gasteiger partial charge is 0.264 e. The van der Waals surface area contributed by atoms with Crippen molar-refractivity contribution in [2.75, 3.05) is 18.0 Å². The monoisotopic (exact) mass is 572 g/mol. The van der Waals surface area contributed by atoms with Crippen LogP contribution in [0, 0.1) is 13.8 Å². The number of methoxy groups -OCH3 is 1. The summed E-state index contributed by atoms with van der Waals surface area (Å²) in [5, 5.41) is 2.99. The van der Waals surface area contributed by atoms with Crippen LogP contribution in [0.2, 0.25) is 0 Å². The summed E-state index contributed by atoms with van der Waals surface area (Å²) in [6.07, 6.45) is 0. The fourth-order valence-electron chi connectivity index (χ4n) is 4.07. The van der Waals surface area contributed by atoms with Crippen molar-refractivity contribution in [3.63, 3.8) is 0 Å². The van der Waals surface area contributed by atoms with Crippen LogP contribution < -0.4 is 14.4 Å². The molecule has 3 rings (SSSR count). The van der Waals surface area contributed by atoms with Gasteiger partial charge in [-0.2, -0.15) is 0 Å². The third-order valence-corrected chi connectivity index (χ3v) is 8.41. The van der Waals surface area contributed by atoms with Crippen molar-refractivity contribution in [1.82, 2.24) is 5.32 Å². The minimum Gasteiger partial charge on any atom is -0.496 e. The second kappa shape index (κ2) is 11.5. The first kappa shape index (κ1) is 27.7. The average molecular weight is 574 g/mol. The molecule has 8 heteroatoms. The van der Waals surface area contributed by atoms with Gasteiger partial charge >= 0.3 is 0 Å². The van der Waals surface area contributed by atoms with Crippen LogP contribution in [0.3, 0.4) is 0 Å². The number of hydrogen-bond acceptors (Lipinski definition) is 4. The molecule has 0 saturated carbocycles. The van der Waals surface area contributed by atoms with Gasteiger partial charge in [-0.3, -0.25) is 9.10 Å². The van der Waals surface area contributed by atoms with Crippen LogP contribution in [0.5, 0.6) is 5.75 Å². The van der Waals surface area contributed by atoms with Gasteiger partial charge in [0.05, 0.1) is 23.7 Å². The third kappa shape index (κ3) is 6.28. The van der Waals surface area contributed by atoms with Crippen LogP contribution >= 0.6 is 15.9 Å². The SMILES string of the molecule is COc1cc(C)c([C@H](C)NC(=O)CN(c2ccc(Br)cc2)S(=O)(=O)c2ccc(C)cc2)cc1C(C)C. The van der Waals surface area contributed by atoms with Crippen molar-refractivity contribution in [3.8, 4) is 5.75 Å². The van der Waals surface area contributed by atoms with E-state index in [1.807, 2.05) is 26.8 Å². The van der Waals surface area contributed by atoms with E-state index in [-0.39, 0.29) is 23.4 Å². The van der Waals surface area contributed by atoms with Gasteiger partial charge in [-0.1, -0.05) is 47.5 Å². The number of rotatable bonds is 9. The van der Waals surface area contributed by atoms with Crippen molar-refractivity contribution >= 4 is 37.5 Å². The molecule has 0 fully saturated rings. The van der Waals surface area contributed by atoms with Crippen LogP contribution in [-0.2, 0) is 14.8 Å². The number of amides is 1. The van der Waals surface area contributed by atoms with Gasteiger partial charge < -0.3 is 10.1 Å². The quantitative estimate of drug-likeness (QED) is 0.328. The average Bonchev–Trinajstić information content (AvgIpc) is 2.82. The molecule has 36 heavy (non-hydrogen) atoms. The Hall–Kier alpha value is -2.84. The standard InChI is InChI=1S/C28H33BrN2O4S/c1-18(2)25-16-26(20(4)15-27(25)35-6)21(5)30-28(32)17-31(23-11-9-22(29)10-12-23)36(33,34)24-13-7-19(3)8-14-24/h7-16,18,21H,17H2,1-6H3,(H,30,32)/t21-/m0/s1. The molecule has 1 atom stereocenters. The summed E-state index contributed by atoms with van der Waals surface area (Å²) in [5.74, 6) is 0.660. The summed E-state index contributed by atoms with van der Waals surface area (Å²) >= 11 is 3.38. The summed E-state index contributed by atoms with van der Waals surface area (Å²) in [6, 6.07) is 17.2. The van der Waals surface area contributed by atoms with E-state index in [9.17, 15) is 13.2 Å². The zero-order chi connectivity index (χ0) is 26.6. The number of carbonyl (C=O) groups is 1. The lowest BCUT2D eigenvalue weighted by Crippen LogP contribution is -2.41. The van der Waals surface area contributed by atoms with E-state index in [1.165, 1.54) is 0 Å². The van der Waals surface area contributed by atoms with Gasteiger partial charge in [0.25, 0.3) is 10.0 Å². The largest absolute Gasteiger partial charge is 0.496 e. The number of hydrogen-bond donors (Lipinski definition) is 1. The summed E-state index contributed by atoms with van der Waals surface area (Å²) in [4.78, 5) is 13.3. The molecule has 0 aliphatic heterocycles. The van der Waals surface area contributed by atoms with Crippen LogP contribution in [0.4, 0.5) is 5.69 Å². The molecule has 1 N–H and O–H groups in total. The number of carbonyl (C=O) groups excluding carboxylic acids is 1. The van der Waals surface area contributed by atoms with Gasteiger partial charge in [0.2, 0.25) is 5.91 Å². The number of anilines is 1. The summed E-state index contributed by atoms with van der Waals surface area (Å²) in [6.45, 7) is 9.59. The number of halogens is 1. The molecular formula is C28H33BrN2O4S. The summed E-state index contributed by atoms with van der Waals surface area (Å²) in [7, 11) is -2.32. The Bertz CT molecular complexity index is 1320. The van der Waals surface area contributed by atoms with Gasteiger partial charge in [-0.25, -0.2) is 8.42 Å².